The van der Waals surface area contributed by atoms with E-state index in [2.05, 4.69) is 10.3 Å². The second-order valence-corrected chi connectivity index (χ2v) is 5.30. The van der Waals surface area contributed by atoms with E-state index in [-0.39, 0.29) is 12.1 Å². The summed E-state index contributed by atoms with van der Waals surface area (Å²) in [5, 5.41) is 2.82. The lowest BCUT2D eigenvalue weighted by Crippen LogP contribution is -2.32. The number of hydrogen-bond donors (Lipinski definition) is 1. The quantitative estimate of drug-likeness (QED) is 0.509. The van der Waals surface area contributed by atoms with Crippen LogP contribution in [-0.4, -0.2) is 36.3 Å². The topological polar surface area (TPSA) is 61.8 Å². The van der Waals surface area contributed by atoms with Gasteiger partial charge in [0.25, 0.3) is 0 Å². The summed E-state index contributed by atoms with van der Waals surface area (Å²) in [5.41, 5.74) is 0.00467. The van der Waals surface area contributed by atoms with Gasteiger partial charge in [0.15, 0.2) is 5.17 Å². The largest absolute Gasteiger partial charge is 0.368 e. The highest BCUT2D eigenvalue weighted by atomic mass is 32.2. The van der Waals surface area contributed by atoms with E-state index in [1.54, 1.807) is 20.2 Å². The Morgan fingerprint density at radius 3 is 2.75 bits per heavy atom. The summed E-state index contributed by atoms with van der Waals surface area (Å²) in [6.45, 7) is 0. The van der Waals surface area contributed by atoms with Gasteiger partial charge >= 0.3 is 0 Å². The number of benzene rings is 1. The molecule has 0 spiro atoms. The number of imide groups is 1. The number of anilines is 1. The van der Waals surface area contributed by atoms with Gasteiger partial charge in [0.2, 0.25) is 11.8 Å². The van der Waals surface area contributed by atoms with Crippen molar-refractivity contribution < 1.29 is 14.0 Å². The number of hydrogen-bond acceptors (Lipinski definition) is 4. The number of para-hydroxylation sites is 1. The third kappa shape index (κ3) is 2.67. The predicted molar refractivity (Wildman–Crippen MR) is 77.3 cm³/mol. The van der Waals surface area contributed by atoms with E-state index in [9.17, 15) is 14.0 Å². The molecule has 1 aromatic rings. The number of thioether (sulfide) groups is 1. The average molecular weight is 295 g/mol. The molecule has 0 radical (unpaired) electrons. The van der Waals surface area contributed by atoms with Crippen LogP contribution in [0.2, 0.25) is 0 Å². The first-order valence-electron chi connectivity index (χ1n) is 6.01. The summed E-state index contributed by atoms with van der Waals surface area (Å²) in [7, 11) is 3.28. The fourth-order valence-corrected chi connectivity index (χ4v) is 2.87. The van der Waals surface area contributed by atoms with Crippen molar-refractivity contribution in [1.29, 1.82) is 0 Å². The van der Waals surface area contributed by atoms with E-state index in [1.807, 2.05) is 0 Å². The minimum Gasteiger partial charge on any atom is -0.368 e. The van der Waals surface area contributed by atoms with Crippen LogP contribution in [0.1, 0.15) is 6.42 Å². The summed E-state index contributed by atoms with van der Waals surface area (Å²) in [6.07, 6.45) is 0.0402. The highest BCUT2D eigenvalue weighted by Gasteiger charge is 2.41. The number of rotatable bonds is 2. The molecular weight excluding hydrogens is 281 g/mol. The van der Waals surface area contributed by atoms with Gasteiger partial charge in [0.05, 0.1) is 5.69 Å². The van der Waals surface area contributed by atoms with Gasteiger partial charge < -0.3 is 5.32 Å². The number of amides is 2. The highest BCUT2D eigenvalue weighted by Crippen LogP contribution is 2.31. The van der Waals surface area contributed by atoms with Crippen LogP contribution in [0.5, 0.6) is 0 Å². The number of nitrogens with zero attached hydrogens (tertiary/aromatic N) is 2. The average Bonchev–Trinajstić information content (AvgIpc) is 2.72. The summed E-state index contributed by atoms with van der Waals surface area (Å²) in [4.78, 5) is 29.1. The van der Waals surface area contributed by atoms with E-state index < -0.39 is 22.9 Å². The molecule has 1 heterocycles. The van der Waals surface area contributed by atoms with Crippen molar-refractivity contribution in [3.05, 3.63) is 30.1 Å². The smallest absolute Gasteiger partial charge is 0.247 e. The fraction of sp³-hybridized carbons (Fsp3) is 0.308. The van der Waals surface area contributed by atoms with Gasteiger partial charge in [-0.3, -0.25) is 14.6 Å². The molecule has 20 heavy (non-hydrogen) atoms. The summed E-state index contributed by atoms with van der Waals surface area (Å²) in [5.74, 6) is -1.40. The van der Waals surface area contributed by atoms with Gasteiger partial charge in [-0.1, -0.05) is 23.9 Å². The molecule has 0 bridgehead atoms. The third-order valence-electron chi connectivity index (χ3n) is 2.87. The molecular formula is C13H14FN3O2S. The zero-order valence-corrected chi connectivity index (χ0v) is 11.9. The number of aliphatic imine (C=N–C) groups is 1. The lowest BCUT2D eigenvalue weighted by molar-refractivity contribution is -0.121. The van der Waals surface area contributed by atoms with Crippen molar-refractivity contribution in [2.45, 2.75) is 11.7 Å². The zero-order valence-electron chi connectivity index (χ0n) is 11.1. The monoisotopic (exact) mass is 295 g/mol. The standard InChI is InChI=1S/C13H14FN3O2S/c1-15-13(16-2)20-10-7-11(18)17(12(10)19)9-6-4-3-5-8(9)14/h3-6,10H,7H2,1-2H3,(H,15,16). The third-order valence-corrected chi connectivity index (χ3v) is 4.13. The maximum absolute atomic E-state index is 13.7. The molecule has 0 aromatic heterocycles. The Morgan fingerprint density at radius 1 is 1.45 bits per heavy atom. The van der Waals surface area contributed by atoms with Crippen molar-refractivity contribution in [2.75, 3.05) is 19.0 Å². The maximum Gasteiger partial charge on any atom is 0.247 e. The van der Waals surface area contributed by atoms with Crippen LogP contribution < -0.4 is 10.2 Å². The van der Waals surface area contributed by atoms with E-state index >= 15 is 0 Å². The normalized spacial score (nSPS) is 19.6. The highest BCUT2D eigenvalue weighted by molar-refractivity contribution is 8.15. The van der Waals surface area contributed by atoms with Crippen LogP contribution in [0.15, 0.2) is 29.3 Å². The van der Waals surface area contributed by atoms with E-state index in [0.29, 0.717) is 5.17 Å². The Kier molecular flexibility index (Phi) is 4.39. The van der Waals surface area contributed by atoms with Crippen LogP contribution in [-0.2, 0) is 9.59 Å². The molecule has 1 atom stereocenters. The summed E-state index contributed by atoms with van der Waals surface area (Å²) < 4.78 is 13.7. The van der Waals surface area contributed by atoms with Gasteiger partial charge in [-0.05, 0) is 12.1 Å². The van der Waals surface area contributed by atoms with Gasteiger partial charge in [-0.25, -0.2) is 9.29 Å². The van der Waals surface area contributed by atoms with Crippen molar-refractivity contribution in [3.63, 3.8) is 0 Å². The van der Waals surface area contributed by atoms with Crippen molar-refractivity contribution in [2.24, 2.45) is 4.99 Å². The van der Waals surface area contributed by atoms with Crippen molar-refractivity contribution in [1.82, 2.24) is 5.32 Å². The minimum absolute atomic E-state index is 0.00467. The molecule has 7 heteroatoms. The SMILES string of the molecule is CN=C(NC)SC1CC(=O)N(c2ccccc2F)C1=O. The Morgan fingerprint density at radius 2 is 2.15 bits per heavy atom. The van der Waals surface area contributed by atoms with Crippen molar-refractivity contribution >= 4 is 34.4 Å². The molecule has 1 unspecified atom stereocenters. The number of carbonyl (C=O) groups excluding carboxylic acids is 2. The van der Waals surface area contributed by atoms with Gasteiger partial charge in [-0.2, -0.15) is 0 Å². The van der Waals surface area contributed by atoms with Crippen LogP contribution in [0.25, 0.3) is 0 Å². The Bertz CT molecular complexity index is 576. The molecule has 1 N–H and O–H groups in total. The summed E-state index contributed by atoms with van der Waals surface area (Å²) >= 11 is 1.17. The zero-order chi connectivity index (χ0) is 14.7. The molecule has 1 aliphatic rings. The molecule has 5 nitrogen and oxygen atoms in total. The first kappa shape index (κ1) is 14.5. The van der Waals surface area contributed by atoms with E-state index in [0.717, 1.165) is 4.90 Å². The molecule has 2 amide bonds. The number of nitrogens with one attached hydrogen (secondary N) is 1. The molecule has 2 rings (SSSR count). The molecule has 1 aliphatic heterocycles. The van der Waals surface area contributed by atoms with Crippen LogP contribution >= 0.6 is 11.8 Å². The minimum atomic E-state index is -0.585. The van der Waals surface area contributed by atoms with Gasteiger partial charge in [-0.15, -0.1) is 0 Å². The van der Waals surface area contributed by atoms with Crippen LogP contribution in [0.4, 0.5) is 10.1 Å². The lowest BCUT2D eigenvalue weighted by atomic mass is 10.3. The predicted octanol–water partition coefficient (Wildman–Crippen LogP) is 1.40. The number of amidine groups is 1. The molecule has 0 aliphatic carbocycles. The lowest BCUT2D eigenvalue weighted by Gasteiger charge is -2.15. The van der Waals surface area contributed by atoms with E-state index in [1.165, 1.54) is 30.0 Å². The first-order valence-corrected chi connectivity index (χ1v) is 6.89. The van der Waals surface area contributed by atoms with Gasteiger partial charge in [0, 0.05) is 20.5 Å². The van der Waals surface area contributed by atoms with Crippen LogP contribution in [0.3, 0.4) is 0 Å². The van der Waals surface area contributed by atoms with Crippen LogP contribution in [0, 0.1) is 5.82 Å². The first-order chi connectivity index (χ1) is 9.58. The Labute approximate surface area is 120 Å². The van der Waals surface area contributed by atoms with Gasteiger partial charge in [0.1, 0.15) is 11.1 Å². The maximum atomic E-state index is 13.7. The molecule has 1 fully saturated rings. The molecule has 106 valence electrons. The second-order valence-electron chi connectivity index (χ2n) is 4.11. The Hall–Kier alpha value is -1.89. The summed E-state index contributed by atoms with van der Waals surface area (Å²) in [6, 6.07) is 5.75. The second kappa shape index (κ2) is 6.04. The molecule has 0 saturated carbocycles. The van der Waals surface area contributed by atoms with E-state index in [4.69, 9.17) is 0 Å². The fourth-order valence-electron chi connectivity index (χ4n) is 1.94. The number of halogens is 1. The van der Waals surface area contributed by atoms with Crippen molar-refractivity contribution in [3.8, 4) is 0 Å². The molecule has 1 aromatic carbocycles. The Balaban J connectivity index is 2.24. The molecule has 1 saturated heterocycles. The number of carbonyl (C=O) groups is 2.